The maximum Gasteiger partial charge on any atom is 0.148 e. The zero-order chi connectivity index (χ0) is 15.7. The molecule has 0 aliphatic heterocycles. The molecule has 0 spiro atoms. The number of fused-ring (bicyclic) bond motifs is 1. The summed E-state index contributed by atoms with van der Waals surface area (Å²) in [6, 6.07) is 5.69. The van der Waals surface area contributed by atoms with Crippen molar-refractivity contribution in [3.63, 3.8) is 0 Å². The topological polar surface area (TPSA) is 60.2 Å². The molecule has 2 heterocycles. The number of halogens is 1. The average molecular weight is 318 g/mol. The van der Waals surface area contributed by atoms with Crippen LogP contribution in [0, 0.1) is 6.92 Å². The summed E-state index contributed by atoms with van der Waals surface area (Å²) in [6.07, 6.45) is 3.01. The Balaban J connectivity index is 1.95. The molecule has 5 nitrogen and oxygen atoms in total. The minimum absolute atomic E-state index is 0.0780. The lowest BCUT2D eigenvalue weighted by Crippen LogP contribution is -2.08. The SMILES string of the molecule is COc1ccc2oc(C(C)Nc3ncncc3Cl)c(C)c2c1. The summed E-state index contributed by atoms with van der Waals surface area (Å²) in [5.74, 6) is 2.24. The predicted molar refractivity (Wildman–Crippen MR) is 86.6 cm³/mol. The number of benzene rings is 1. The van der Waals surface area contributed by atoms with Crippen LogP contribution in [0.1, 0.15) is 24.3 Å². The fraction of sp³-hybridized carbons (Fsp3) is 0.250. The summed E-state index contributed by atoms with van der Waals surface area (Å²) in [5.41, 5.74) is 1.90. The Labute approximate surface area is 133 Å². The lowest BCUT2D eigenvalue weighted by atomic mass is 10.1. The maximum atomic E-state index is 6.08. The van der Waals surface area contributed by atoms with Crippen LogP contribution in [0.3, 0.4) is 0 Å². The summed E-state index contributed by atoms with van der Waals surface area (Å²) in [4.78, 5) is 8.01. The van der Waals surface area contributed by atoms with Crippen LogP contribution < -0.4 is 10.1 Å². The molecule has 0 aliphatic carbocycles. The van der Waals surface area contributed by atoms with Gasteiger partial charge >= 0.3 is 0 Å². The van der Waals surface area contributed by atoms with Gasteiger partial charge in [-0.05, 0) is 32.0 Å². The number of nitrogens with zero attached hydrogens (tertiary/aromatic N) is 2. The molecule has 1 N–H and O–H groups in total. The number of ether oxygens (including phenoxy) is 1. The number of nitrogens with one attached hydrogen (secondary N) is 1. The van der Waals surface area contributed by atoms with Crippen molar-refractivity contribution in [2.24, 2.45) is 0 Å². The van der Waals surface area contributed by atoms with Crippen molar-refractivity contribution in [2.75, 3.05) is 12.4 Å². The highest BCUT2D eigenvalue weighted by Crippen LogP contribution is 2.33. The molecular formula is C16H16ClN3O2. The second-order valence-corrected chi connectivity index (χ2v) is 5.45. The average Bonchev–Trinajstić information content (AvgIpc) is 2.86. The molecular weight excluding hydrogens is 302 g/mol. The van der Waals surface area contributed by atoms with Gasteiger partial charge in [0.2, 0.25) is 0 Å². The predicted octanol–water partition coefficient (Wildman–Crippen LogP) is 4.37. The maximum absolute atomic E-state index is 6.08. The minimum atomic E-state index is -0.0780. The van der Waals surface area contributed by atoms with Gasteiger partial charge in [0.15, 0.2) is 0 Å². The first-order chi connectivity index (χ1) is 10.6. The number of aromatic nitrogens is 2. The third-order valence-electron chi connectivity index (χ3n) is 3.59. The van der Waals surface area contributed by atoms with E-state index in [2.05, 4.69) is 15.3 Å². The standard InChI is InChI=1S/C16H16ClN3O2/c1-9-12-6-11(21-3)4-5-14(12)22-15(9)10(2)20-16-13(17)7-18-8-19-16/h4-8,10H,1-3H3,(H,18,19,20). The number of aryl methyl sites for hydroxylation is 1. The van der Waals surface area contributed by atoms with Gasteiger partial charge in [-0.3, -0.25) is 0 Å². The molecule has 0 aliphatic rings. The van der Waals surface area contributed by atoms with E-state index in [1.54, 1.807) is 13.3 Å². The fourth-order valence-corrected chi connectivity index (χ4v) is 2.61. The van der Waals surface area contributed by atoms with Crippen LogP contribution >= 0.6 is 11.6 Å². The van der Waals surface area contributed by atoms with Gasteiger partial charge in [-0.15, -0.1) is 0 Å². The Morgan fingerprint density at radius 1 is 1.36 bits per heavy atom. The van der Waals surface area contributed by atoms with E-state index < -0.39 is 0 Å². The van der Waals surface area contributed by atoms with Gasteiger partial charge < -0.3 is 14.5 Å². The smallest absolute Gasteiger partial charge is 0.148 e. The highest BCUT2D eigenvalue weighted by atomic mass is 35.5. The van der Waals surface area contributed by atoms with Gasteiger partial charge in [0.25, 0.3) is 0 Å². The van der Waals surface area contributed by atoms with Crippen molar-refractivity contribution in [1.29, 1.82) is 0 Å². The highest BCUT2D eigenvalue weighted by molar-refractivity contribution is 6.32. The van der Waals surface area contributed by atoms with Crippen LogP contribution in [0.4, 0.5) is 5.82 Å². The molecule has 3 rings (SSSR count). The van der Waals surface area contributed by atoms with E-state index in [4.69, 9.17) is 20.8 Å². The summed E-state index contributed by atoms with van der Waals surface area (Å²) in [6.45, 7) is 4.03. The zero-order valence-electron chi connectivity index (χ0n) is 12.6. The summed E-state index contributed by atoms with van der Waals surface area (Å²) < 4.78 is 11.2. The third kappa shape index (κ3) is 2.60. The second kappa shape index (κ2) is 5.85. The first-order valence-corrected chi connectivity index (χ1v) is 7.27. The molecule has 22 heavy (non-hydrogen) atoms. The molecule has 0 saturated heterocycles. The van der Waals surface area contributed by atoms with E-state index in [1.165, 1.54) is 6.33 Å². The number of rotatable bonds is 4. The second-order valence-electron chi connectivity index (χ2n) is 5.04. The summed E-state index contributed by atoms with van der Waals surface area (Å²) in [7, 11) is 1.65. The van der Waals surface area contributed by atoms with Gasteiger partial charge in [-0.25, -0.2) is 9.97 Å². The van der Waals surface area contributed by atoms with Crippen molar-refractivity contribution < 1.29 is 9.15 Å². The molecule has 0 bridgehead atoms. The van der Waals surface area contributed by atoms with E-state index in [9.17, 15) is 0 Å². The Hall–Kier alpha value is -2.27. The van der Waals surface area contributed by atoms with E-state index in [0.717, 1.165) is 28.0 Å². The monoisotopic (exact) mass is 317 g/mol. The van der Waals surface area contributed by atoms with E-state index in [-0.39, 0.29) is 6.04 Å². The Morgan fingerprint density at radius 2 is 2.18 bits per heavy atom. The molecule has 2 aromatic heterocycles. The van der Waals surface area contributed by atoms with Crippen LogP contribution in [0.15, 0.2) is 35.1 Å². The molecule has 1 atom stereocenters. The van der Waals surface area contributed by atoms with E-state index >= 15 is 0 Å². The highest BCUT2D eigenvalue weighted by Gasteiger charge is 2.18. The first-order valence-electron chi connectivity index (χ1n) is 6.89. The molecule has 114 valence electrons. The Bertz CT molecular complexity index is 816. The number of hydrogen-bond donors (Lipinski definition) is 1. The molecule has 0 amide bonds. The summed E-state index contributed by atoms with van der Waals surface area (Å²) >= 11 is 6.08. The van der Waals surface area contributed by atoms with Crippen LogP contribution in [0.5, 0.6) is 5.75 Å². The van der Waals surface area contributed by atoms with Gasteiger partial charge in [-0.1, -0.05) is 11.6 Å². The van der Waals surface area contributed by atoms with Gasteiger partial charge in [-0.2, -0.15) is 0 Å². The molecule has 3 aromatic rings. The number of methoxy groups -OCH3 is 1. The van der Waals surface area contributed by atoms with Gasteiger partial charge in [0.05, 0.1) is 19.3 Å². The number of hydrogen-bond acceptors (Lipinski definition) is 5. The van der Waals surface area contributed by atoms with Crippen molar-refractivity contribution >= 4 is 28.4 Å². The lowest BCUT2D eigenvalue weighted by Gasteiger charge is -2.13. The fourth-order valence-electron chi connectivity index (χ4n) is 2.45. The molecule has 0 fully saturated rings. The molecule has 6 heteroatoms. The van der Waals surface area contributed by atoms with Gasteiger partial charge in [0, 0.05) is 10.9 Å². The normalized spacial score (nSPS) is 12.4. The molecule has 1 unspecified atom stereocenters. The van der Waals surface area contributed by atoms with Crippen molar-refractivity contribution in [2.45, 2.75) is 19.9 Å². The number of anilines is 1. The van der Waals surface area contributed by atoms with E-state index in [1.807, 2.05) is 32.0 Å². The molecule has 0 radical (unpaired) electrons. The lowest BCUT2D eigenvalue weighted by molar-refractivity contribution is 0.415. The van der Waals surface area contributed by atoms with Gasteiger partial charge in [0.1, 0.15) is 34.3 Å². The van der Waals surface area contributed by atoms with Crippen LogP contribution in [-0.2, 0) is 0 Å². The Morgan fingerprint density at radius 3 is 2.91 bits per heavy atom. The Kier molecular flexibility index (Phi) is 3.90. The van der Waals surface area contributed by atoms with Crippen molar-refractivity contribution in [3.8, 4) is 5.75 Å². The minimum Gasteiger partial charge on any atom is -0.497 e. The van der Waals surface area contributed by atoms with Crippen molar-refractivity contribution in [3.05, 3.63) is 47.1 Å². The first kappa shape index (κ1) is 14.7. The van der Waals surface area contributed by atoms with Crippen LogP contribution in [0.2, 0.25) is 5.02 Å². The van der Waals surface area contributed by atoms with Crippen molar-refractivity contribution in [1.82, 2.24) is 9.97 Å². The van der Waals surface area contributed by atoms with Crippen LogP contribution in [-0.4, -0.2) is 17.1 Å². The largest absolute Gasteiger partial charge is 0.497 e. The number of furan rings is 1. The van der Waals surface area contributed by atoms with E-state index in [0.29, 0.717) is 10.8 Å². The molecule has 1 aromatic carbocycles. The third-order valence-corrected chi connectivity index (χ3v) is 3.87. The summed E-state index contributed by atoms with van der Waals surface area (Å²) in [5, 5.41) is 4.76. The quantitative estimate of drug-likeness (QED) is 0.774. The van der Waals surface area contributed by atoms with Crippen LogP contribution in [0.25, 0.3) is 11.0 Å². The zero-order valence-corrected chi connectivity index (χ0v) is 13.3. The molecule has 0 saturated carbocycles.